The number of aromatic nitrogens is 2. The Kier molecular flexibility index (Phi) is 6.49. The molecule has 0 bridgehead atoms. The third kappa shape index (κ3) is 4.80. The van der Waals surface area contributed by atoms with Crippen molar-refractivity contribution in [3.63, 3.8) is 0 Å². The molecule has 3 rings (SSSR count). The zero-order valence-electron chi connectivity index (χ0n) is 15.6. The van der Waals surface area contributed by atoms with Gasteiger partial charge in [-0.05, 0) is 35.4 Å². The number of methoxy groups -OCH3 is 2. The second-order valence-electron chi connectivity index (χ2n) is 5.90. The minimum absolute atomic E-state index is 0.247. The maximum absolute atomic E-state index is 12.3. The average Bonchev–Trinajstić information content (AvgIpc) is 3.14. The SMILES string of the molecule is COc1ccc(/C=C/C(=O)Nc2ccnn2Cc2ccccc2Br)cc1OC. The number of halogens is 1. The molecule has 0 unspecified atom stereocenters. The summed E-state index contributed by atoms with van der Waals surface area (Å²) in [4.78, 5) is 12.3. The normalized spacial score (nSPS) is 10.8. The average molecular weight is 442 g/mol. The van der Waals surface area contributed by atoms with Crippen LogP contribution >= 0.6 is 15.9 Å². The lowest BCUT2D eigenvalue weighted by Crippen LogP contribution is -2.14. The molecule has 0 radical (unpaired) electrons. The number of hydrogen-bond donors (Lipinski definition) is 1. The topological polar surface area (TPSA) is 65.4 Å². The monoisotopic (exact) mass is 441 g/mol. The van der Waals surface area contributed by atoms with Crippen LogP contribution in [0.1, 0.15) is 11.1 Å². The van der Waals surface area contributed by atoms with E-state index in [1.807, 2.05) is 30.3 Å². The molecular formula is C21H20BrN3O3. The van der Waals surface area contributed by atoms with Gasteiger partial charge in [0.05, 0.1) is 27.0 Å². The lowest BCUT2D eigenvalue weighted by molar-refractivity contribution is -0.111. The van der Waals surface area contributed by atoms with Crippen LogP contribution < -0.4 is 14.8 Å². The lowest BCUT2D eigenvalue weighted by Gasteiger charge is -2.09. The highest BCUT2D eigenvalue weighted by atomic mass is 79.9. The molecule has 28 heavy (non-hydrogen) atoms. The Morgan fingerprint density at radius 2 is 1.93 bits per heavy atom. The first-order valence-corrected chi connectivity index (χ1v) is 9.36. The molecule has 0 aliphatic carbocycles. The molecule has 1 amide bonds. The molecule has 0 aliphatic heterocycles. The van der Waals surface area contributed by atoms with Crippen molar-refractivity contribution in [2.45, 2.75) is 6.54 Å². The highest BCUT2D eigenvalue weighted by Crippen LogP contribution is 2.28. The van der Waals surface area contributed by atoms with Gasteiger partial charge >= 0.3 is 0 Å². The van der Waals surface area contributed by atoms with Gasteiger partial charge < -0.3 is 14.8 Å². The highest BCUT2D eigenvalue weighted by molar-refractivity contribution is 9.10. The van der Waals surface area contributed by atoms with Gasteiger partial charge in [-0.1, -0.05) is 40.2 Å². The van der Waals surface area contributed by atoms with Crippen molar-refractivity contribution in [3.8, 4) is 11.5 Å². The van der Waals surface area contributed by atoms with Crippen LogP contribution in [-0.2, 0) is 11.3 Å². The molecule has 2 aromatic carbocycles. The summed E-state index contributed by atoms with van der Waals surface area (Å²) in [7, 11) is 3.16. The first-order valence-electron chi connectivity index (χ1n) is 8.57. The molecule has 7 heteroatoms. The van der Waals surface area contributed by atoms with E-state index in [0.29, 0.717) is 23.9 Å². The van der Waals surface area contributed by atoms with Gasteiger partial charge in [0.2, 0.25) is 5.91 Å². The third-order valence-corrected chi connectivity index (χ3v) is 4.85. The summed E-state index contributed by atoms with van der Waals surface area (Å²) in [6.07, 6.45) is 4.84. The van der Waals surface area contributed by atoms with Crippen molar-refractivity contribution in [1.82, 2.24) is 9.78 Å². The Bertz CT molecular complexity index is 998. The summed E-state index contributed by atoms with van der Waals surface area (Å²) < 4.78 is 13.2. The van der Waals surface area contributed by atoms with E-state index in [1.54, 1.807) is 49.4 Å². The number of ether oxygens (including phenoxy) is 2. The van der Waals surface area contributed by atoms with E-state index in [4.69, 9.17) is 9.47 Å². The molecule has 0 saturated carbocycles. The standard InChI is InChI=1S/C21H20BrN3O3/c1-27-18-9-7-15(13-19(18)28-2)8-10-21(26)24-20-11-12-23-25(20)14-16-5-3-4-6-17(16)22/h3-13H,14H2,1-2H3,(H,24,26)/b10-8+. The summed E-state index contributed by atoms with van der Waals surface area (Å²) >= 11 is 3.53. The largest absolute Gasteiger partial charge is 0.493 e. The van der Waals surface area contributed by atoms with Crippen molar-refractivity contribution < 1.29 is 14.3 Å². The molecule has 144 valence electrons. The van der Waals surface area contributed by atoms with Crippen LogP contribution in [0.25, 0.3) is 6.08 Å². The van der Waals surface area contributed by atoms with Crippen molar-refractivity contribution in [2.24, 2.45) is 0 Å². The van der Waals surface area contributed by atoms with E-state index in [2.05, 4.69) is 26.3 Å². The summed E-state index contributed by atoms with van der Waals surface area (Å²) in [5.74, 6) is 1.62. The van der Waals surface area contributed by atoms with Crippen molar-refractivity contribution in [3.05, 3.63) is 76.4 Å². The van der Waals surface area contributed by atoms with E-state index in [0.717, 1.165) is 15.6 Å². The van der Waals surface area contributed by atoms with Gasteiger partial charge in [0, 0.05) is 16.6 Å². The summed E-state index contributed by atoms with van der Waals surface area (Å²) in [5, 5.41) is 7.15. The Morgan fingerprint density at radius 1 is 1.14 bits per heavy atom. The van der Waals surface area contributed by atoms with Gasteiger partial charge in [-0.2, -0.15) is 5.10 Å². The molecule has 0 fully saturated rings. The Balaban J connectivity index is 1.68. The number of anilines is 1. The highest BCUT2D eigenvalue weighted by Gasteiger charge is 2.08. The van der Waals surface area contributed by atoms with Gasteiger partial charge in [-0.3, -0.25) is 4.79 Å². The molecular weight excluding hydrogens is 422 g/mol. The molecule has 1 heterocycles. The number of amides is 1. The predicted octanol–water partition coefficient (Wildman–Crippen LogP) is 4.36. The van der Waals surface area contributed by atoms with E-state index in [-0.39, 0.29) is 5.91 Å². The van der Waals surface area contributed by atoms with Crippen LogP contribution in [0, 0.1) is 0 Å². The number of rotatable bonds is 7. The number of carbonyl (C=O) groups is 1. The van der Waals surface area contributed by atoms with Crippen LogP contribution in [0.2, 0.25) is 0 Å². The van der Waals surface area contributed by atoms with Crippen LogP contribution in [0.3, 0.4) is 0 Å². The van der Waals surface area contributed by atoms with Gasteiger partial charge in [0.1, 0.15) is 5.82 Å². The summed E-state index contributed by atoms with van der Waals surface area (Å²) in [5.41, 5.74) is 1.90. The Morgan fingerprint density at radius 3 is 2.68 bits per heavy atom. The van der Waals surface area contributed by atoms with Crippen LogP contribution in [0.4, 0.5) is 5.82 Å². The summed E-state index contributed by atoms with van der Waals surface area (Å²) in [6, 6.07) is 15.1. The summed E-state index contributed by atoms with van der Waals surface area (Å²) in [6.45, 7) is 0.545. The van der Waals surface area contributed by atoms with Crippen LogP contribution in [0.5, 0.6) is 11.5 Å². The molecule has 0 atom stereocenters. The first kappa shape index (κ1) is 19.7. The van der Waals surface area contributed by atoms with E-state index >= 15 is 0 Å². The van der Waals surface area contributed by atoms with Crippen molar-refractivity contribution in [1.29, 1.82) is 0 Å². The molecule has 0 aliphatic rings. The maximum atomic E-state index is 12.3. The quantitative estimate of drug-likeness (QED) is 0.553. The van der Waals surface area contributed by atoms with Gasteiger partial charge in [-0.15, -0.1) is 0 Å². The van der Waals surface area contributed by atoms with E-state index in [1.165, 1.54) is 6.08 Å². The van der Waals surface area contributed by atoms with Crippen LogP contribution in [-0.4, -0.2) is 29.9 Å². The fourth-order valence-corrected chi connectivity index (χ4v) is 3.06. The predicted molar refractivity (Wildman–Crippen MR) is 113 cm³/mol. The second-order valence-corrected chi connectivity index (χ2v) is 6.76. The van der Waals surface area contributed by atoms with Gasteiger partial charge in [0.15, 0.2) is 11.5 Å². The molecule has 1 aromatic heterocycles. The molecule has 3 aromatic rings. The van der Waals surface area contributed by atoms with Crippen molar-refractivity contribution >= 4 is 33.7 Å². The molecule has 0 spiro atoms. The van der Waals surface area contributed by atoms with E-state index < -0.39 is 0 Å². The molecule has 0 saturated heterocycles. The Labute approximate surface area is 171 Å². The molecule has 6 nitrogen and oxygen atoms in total. The van der Waals surface area contributed by atoms with Crippen LogP contribution in [0.15, 0.2) is 65.3 Å². The zero-order chi connectivity index (χ0) is 19.9. The minimum atomic E-state index is -0.247. The first-order chi connectivity index (χ1) is 13.6. The second kappa shape index (κ2) is 9.23. The number of nitrogens with zero attached hydrogens (tertiary/aromatic N) is 2. The van der Waals surface area contributed by atoms with Crippen molar-refractivity contribution in [2.75, 3.05) is 19.5 Å². The van der Waals surface area contributed by atoms with Gasteiger partial charge in [0.25, 0.3) is 0 Å². The Hall–Kier alpha value is -3.06. The molecule has 1 N–H and O–H groups in total. The minimum Gasteiger partial charge on any atom is -0.493 e. The van der Waals surface area contributed by atoms with Gasteiger partial charge in [-0.25, -0.2) is 4.68 Å². The zero-order valence-corrected chi connectivity index (χ0v) is 17.1. The maximum Gasteiger partial charge on any atom is 0.249 e. The smallest absolute Gasteiger partial charge is 0.249 e. The number of benzene rings is 2. The fraction of sp³-hybridized carbons (Fsp3) is 0.143. The number of carbonyl (C=O) groups excluding carboxylic acids is 1. The third-order valence-electron chi connectivity index (χ3n) is 4.08. The lowest BCUT2D eigenvalue weighted by atomic mass is 10.2. The fourth-order valence-electron chi connectivity index (χ4n) is 2.65. The number of hydrogen-bond acceptors (Lipinski definition) is 4. The van der Waals surface area contributed by atoms with E-state index in [9.17, 15) is 4.79 Å². The number of nitrogens with one attached hydrogen (secondary N) is 1.